The maximum Gasteiger partial charge on any atom is 0.280 e. The van der Waals surface area contributed by atoms with Gasteiger partial charge >= 0.3 is 0 Å². The van der Waals surface area contributed by atoms with Crippen LogP contribution in [-0.4, -0.2) is 13.4 Å². The Bertz CT molecular complexity index is 405. The molecule has 0 aliphatic heterocycles. The number of rotatable bonds is 2. The van der Waals surface area contributed by atoms with Crippen LogP contribution in [0.1, 0.15) is 12.1 Å². The number of hydrogen-bond donors (Lipinski definition) is 1. The van der Waals surface area contributed by atoms with Crippen LogP contribution in [0.4, 0.5) is 8.78 Å². The molecule has 2 N–H and O–H groups in total. The van der Waals surface area contributed by atoms with E-state index in [2.05, 4.69) is 4.98 Å². The van der Waals surface area contributed by atoms with Gasteiger partial charge in [0.2, 0.25) is 0 Å². The first kappa shape index (κ1) is 10.0. The molecule has 0 bridgehead atoms. The number of nitrogens with two attached hydrogens (primary N) is 1. The fourth-order valence-electron chi connectivity index (χ4n) is 0.711. The van der Waals surface area contributed by atoms with Gasteiger partial charge in [0.1, 0.15) is 5.69 Å². The standard InChI is InChI=1S/C6H6F2N2O2S/c7-6(8)4-2-1-3-5(10-4)13(9,11)12/h1-3,6H,(H2,9,11,12). The highest BCUT2D eigenvalue weighted by molar-refractivity contribution is 7.89. The number of hydrogen-bond acceptors (Lipinski definition) is 3. The molecular weight excluding hydrogens is 202 g/mol. The summed E-state index contributed by atoms with van der Waals surface area (Å²) in [4.78, 5) is 3.18. The summed E-state index contributed by atoms with van der Waals surface area (Å²) in [6.45, 7) is 0. The highest BCUT2D eigenvalue weighted by Gasteiger charge is 2.14. The number of sulfonamides is 1. The van der Waals surface area contributed by atoms with Crippen molar-refractivity contribution in [2.24, 2.45) is 5.14 Å². The van der Waals surface area contributed by atoms with Crippen molar-refractivity contribution < 1.29 is 17.2 Å². The molecule has 72 valence electrons. The van der Waals surface area contributed by atoms with Gasteiger partial charge in [0.15, 0.2) is 5.03 Å². The molecule has 1 aromatic heterocycles. The van der Waals surface area contributed by atoms with Crippen LogP contribution in [0.3, 0.4) is 0 Å². The minimum Gasteiger partial charge on any atom is -0.234 e. The second-order valence-electron chi connectivity index (χ2n) is 2.25. The average molecular weight is 208 g/mol. The van der Waals surface area contributed by atoms with Crippen molar-refractivity contribution in [3.05, 3.63) is 23.9 Å². The van der Waals surface area contributed by atoms with E-state index in [0.717, 1.165) is 18.2 Å². The molecule has 0 fully saturated rings. The highest BCUT2D eigenvalue weighted by atomic mass is 32.2. The van der Waals surface area contributed by atoms with E-state index in [1.807, 2.05) is 0 Å². The molecule has 1 heterocycles. The number of halogens is 2. The van der Waals surface area contributed by atoms with Crippen molar-refractivity contribution in [2.75, 3.05) is 0 Å². The molecule has 0 saturated carbocycles. The predicted molar refractivity (Wildman–Crippen MR) is 40.6 cm³/mol. The highest BCUT2D eigenvalue weighted by Crippen LogP contribution is 2.16. The Labute approximate surface area is 73.4 Å². The first-order valence-corrected chi connectivity index (χ1v) is 4.74. The maximum absolute atomic E-state index is 12.0. The fraction of sp³-hybridized carbons (Fsp3) is 0.167. The van der Waals surface area contributed by atoms with Crippen molar-refractivity contribution in [1.82, 2.24) is 4.98 Å². The molecular formula is C6H6F2N2O2S. The second-order valence-corrected chi connectivity index (χ2v) is 3.75. The van der Waals surface area contributed by atoms with Crippen LogP contribution in [0.15, 0.2) is 23.2 Å². The summed E-state index contributed by atoms with van der Waals surface area (Å²) < 4.78 is 45.4. The Morgan fingerprint density at radius 1 is 1.38 bits per heavy atom. The quantitative estimate of drug-likeness (QED) is 0.776. The molecule has 1 rings (SSSR count). The molecule has 13 heavy (non-hydrogen) atoms. The number of alkyl halides is 2. The molecule has 4 nitrogen and oxygen atoms in total. The van der Waals surface area contributed by atoms with Crippen LogP contribution in [0.2, 0.25) is 0 Å². The molecule has 0 amide bonds. The van der Waals surface area contributed by atoms with Crippen LogP contribution in [0, 0.1) is 0 Å². The zero-order valence-corrected chi connectivity index (χ0v) is 7.13. The molecule has 0 aliphatic rings. The van der Waals surface area contributed by atoms with Crippen LogP contribution < -0.4 is 5.14 Å². The van der Waals surface area contributed by atoms with Crippen LogP contribution in [0.25, 0.3) is 0 Å². The van der Waals surface area contributed by atoms with Gasteiger partial charge < -0.3 is 0 Å². The zero-order chi connectivity index (χ0) is 10.1. The lowest BCUT2D eigenvalue weighted by Gasteiger charge is -2.00. The largest absolute Gasteiger partial charge is 0.280 e. The number of aromatic nitrogens is 1. The molecule has 0 unspecified atom stereocenters. The predicted octanol–water partition coefficient (Wildman–Crippen LogP) is 0.667. The first-order valence-electron chi connectivity index (χ1n) is 3.19. The number of primary sulfonamides is 1. The fourth-order valence-corrected chi connectivity index (χ4v) is 1.21. The van der Waals surface area contributed by atoms with Crippen LogP contribution in [0.5, 0.6) is 0 Å². The summed E-state index contributed by atoms with van der Waals surface area (Å²) in [6, 6.07) is 3.24. The van der Waals surface area contributed by atoms with Gasteiger partial charge in [-0.15, -0.1) is 0 Å². The summed E-state index contributed by atoms with van der Waals surface area (Å²) in [5.41, 5.74) is -0.605. The van der Waals surface area contributed by atoms with Gasteiger partial charge in [0, 0.05) is 0 Å². The van der Waals surface area contributed by atoms with E-state index in [0.29, 0.717) is 0 Å². The Kier molecular flexibility index (Phi) is 2.58. The van der Waals surface area contributed by atoms with Gasteiger partial charge in [-0.25, -0.2) is 27.3 Å². The van der Waals surface area contributed by atoms with Gasteiger partial charge in [0.25, 0.3) is 16.4 Å². The van der Waals surface area contributed by atoms with E-state index < -0.39 is 27.2 Å². The zero-order valence-electron chi connectivity index (χ0n) is 6.31. The van der Waals surface area contributed by atoms with E-state index in [-0.39, 0.29) is 0 Å². The van der Waals surface area contributed by atoms with Gasteiger partial charge in [-0.1, -0.05) is 6.07 Å². The van der Waals surface area contributed by atoms with Gasteiger partial charge in [0.05, 0.1) is 0 Å². The van der Waals surface area contributed by atoms with E-state index in [9.17, 15) is 17.2 Å². The van der Waals surface area contributed by atoms with Gasteiger partial charge in [-0.2, -0.15) is 0 Å². The van der Waals surface area contributed by atoms with Crippen molar-refractivity contribution in [1.29, 1.82) is 0 Å². The molecule has 0 saturated heterocycles. The summed E-state index contributed by atoms with van der Waals surface area (Å²) in [5.74, 6) is 0. The molecule has 0 radical (unpaired) electrons. The minimum atomic E-state index is -4.00. The van der Waals surface area contributed by atoms with E-state index in [4.69, 9.17) is 5.14 Å². The van der Waals surface area contributed by atoms with Crippen molar-refractivity contribution in [3.8, 4) is 0 Å². The minimum absolute atomic E-state index is 0.551. The monoisotopic (exact) mass is 208 g/mol. The third-order valence-corrected chi connectivity index (χ3v) is 2.07. The van der Waals surface area contributed by atoms with Crippen LogP contribution in [-0.2, 0) is 10.0 Å². The van der Waals surface area contributed by atoms with Crippen LogP contribution >= 0.6 is 0 Å². The number of pyridine rings is 1. The Morgan fingerprint density at radius 2 is 2.00 bits per heavy atom. The lowest BCUT2D eigenvalue weighted by atomic mass is 10.4. The van der Waals surface area contributed by atoms with Gasteiger partial charge in [-0.05, 0) is 12.1 Å². The first-order chi connectivity index (χ1) is 5.91. The van der Waals surface area contributed by atoms with E-state index in [1.54, 1.807) is 0 Å². The second kappa shape index (κ2) is 3.35. The topological polar surface area (TPSA) is 73.1 Å². The Hall–Kier alpha value is -1.08. The summed E-state index contributed by atoms with van der Waals surface area (Å²) in [5, 5.41) is 4.14. The molecule has 1 aromatic rings. The Balaban J connectivity index is 3.21. The van der Waals surface area contributed by atoms with E-state index in [1.165, 1.54) is 0 Å². The van der Waals surface area contributed by atoms with Gasteiger partial charge in [-0.3, -0.25) is 0 Å². The molecule has 0 aromatic carbocycles. The number of nitrogens with zero attached hydrogens (tertiary/aromatic N) is 1. The molecule has 0 aliphatic carbocycles. The molecule has 0 atom stereocenters. The van der Waals surface area contributed by atoms with Crippen molar-refractivity contribution in [2.45, 2.75) is 11.5 Å². The smallest absolute Gasteiger partial charge is 0.234 e. The summed E-state index contributed by atoms with van der Waals surface area (Å²) >= 11 is 0. The molecule has 7 heteroatoms. The third kappa shape index (κ3) is 2.43. The summed E-state index contributed by atoms with van der Waals surface area (Å²) in [7, 11) is -4.00. The third-order valence-electron chi connectivity index (χ3n) is 1.26. The average Bonchev–Trinajstić information content (AvgIpc) is 2.03. The lowest BCUT2D eigenvalue weighted by Crippen LogP contribution is -2.14. The summed E-state index contributed by atoms with van der Waals surface area (Å²) in [6.07, 6.45) is -2.80. The Morgan fingerprint density at radius 3 is 2.46 bits per heavy atom. The van der Waals surface area contributed by atoms with E-state index >= 15 is 0 Å². The van der Waals surface area contributed by atoms with Crippen molar-refractivity contribution in [3.63, 3.8) is 0 Å². The SMILES string of the molecule is NS(=O)(=O)c1cccc(C(F)F)n1. The van der Waals surface area contributed by atoms with Crippen molar-refractivity contribution >= 4 is 10.0 Å². The lowest BCUT2D eigenvalue weighted by molar-refractivity contribution is 0.145. The normalized spacial score (nSPS) is 12.0. The maximum atomic E-state index is 12.0. The molecule has 0 spiro atoms.